The molecular weight excluding hydrogens is 365 g/mol. The minimum Gasteiger partial charge on any atom is -0.355 e. The molecule has 2 aromatic heterocycles. The quantitative estimate of drug-likeness (QED) is 0.491. The molecule has 0 radical (unpaired) electrons. The fourth-order valence-corrected chi connectivity index (χ4v) is 3.33. The largest absolute Gasteiger partial charge is 0.355 e. The van der Waals surface area contributed by atoms with Crippen LogP contribution in [0.2, 0.25) is 0 Å². The average Bonchev–Trinajstić information content (AvgIpc) is 3.27. The molecule has 3 aromatic rings. The van der Waals surface area contributed by atoms with Crippen LogP contribution in [0.15, 0.2) is 35.1 Å². The Hall–Kier alpha value is -3.11. The summed E-state index contributed by atoms with van der Waals surface area (Å²) in [6, 6.07) is 7.67. The maximum atomic E-state index is 13.1. The molecule has 4 rings (SSSR count). The summed E-state index contributed by atoms with van der Waals surface area (Å²) >= 11 is 0. The van der Waals surface area contributed by atoms with Gasteiger partial charge in [0.05, 0.1) is 12.5 Å². The van der Waals surface area contributed by atoms with E-state index in [1.165, 1.54) is 22.7 Å². The van der Waals surface area contributed by atoms with Crippen molar-refractivity contribution in [3.05, 3.63) is 63.6 Å². The molecule has 2 unspecified atom stereocenters. The molecule has 1 saturated heterocycles. The van der Waals surface area contributed by atoms with Crippen LogP contribution < -0.4 is 21.7 Å². The number of rotatable bonds is 5. The van der Waals surface area contributed by atoms with Crippen LogP contribution in [-0.2, 0) is 11.2 Å². The first-order valence-electron chi connectivity index (χ1n) is 8.95. The van der Waals surface area contributed by atoms with Crippen molar-refractivity contribution in [2.24, 2.45) is 5.92 Å². The summed E-state index contributed by atoms with van der Waals surface area (Å²) in [7, 11) is 0. The number of nitrogens with zero attached hydrogens (tertiary/aromatic N) is 3. The maximum Gasteiger partial charge on any atom is 0.274 e. The Labute approximate surface area is 159 Å². The van der Waals surface area contributed by atoms with Crippen molar-refractivity contribution >= 4 is 11.7 Å². The van der Waals surface area contributed by atoms with E-state index in [4.69, 9.17) is 0 Å². The molecule has 0 bridgehead atoms. The number of nitrogens with one attached hydrogen (secondary N) is 4. The first-order chi connectivity index (χ1) is 13.5. The van der Waals surface area contributed by atoms with Crippen molar-refractivity contribution in [2.45, 2.75) is 19.4 Å². The van der Waals surface area contributed by atoms with E-state index in [1.807, 2.05) is 0 Å². The van der Waals surface area contributed by atoms with Gasteiger partial charge in [0.25, 0.3) is 11.3 Å². The zero-order valence-corrected chi connectivity index (χ0v) is 15.2. The standard InChI is InChI=1S/C18H20FN7O2/c1-10-6-16(28)26-18(22-10)23-14(25-26)7-15(27)20-8-12-9-21-24-17(12)11-2-4-13(19)5-3-11/h2-6,12,17,21,24H,7-9H2,1H3,(H,20,27)(H,22,23,25). The first kappa shape index (κ1) is 18.3. The Morgan fingerprint density at radius 3 is 2.89 bits per heavy atom. The first-order valence-corrected chi connectivity index (χ1v) is 8.95. The van der Waals surface area contributed by atoms with Crippen molar-refractivity contribution < 1.29 is 9.18 Å². The molecule has 4 N–H and O–H groups in total. The van der Waals surface area contributed by atoms with Gasteiger partial charge in [0.1, 0.15) is 11.6 Å². The highest BCUT2D eigenvalue weighted by Crippen LogP contribution is 2.24. The van der Waals surface area contributed by atoms with Gasteiger partial charge in [-0.1, -0.05) is 12.1 Å². The minimum atomic E-state index is -0.283. The molecule has 3 heterocycles. The van der Waals surface area contributed by atoms with E-state index in [0.29, 0.717) is 24.6 Å². The van der Waals surface area contributed by atoms with Gasteiger partial charge in [-0.25, -0.2) is 14.8 Å². The van der Waals surface area contributed by atoms with Crippen molar-refractivity contribution in [2.75, 3.05) is 13.1 Å². The number of hydrogen-bond donors (Lipinski definition) is 4. The highest BCUT2D eigenvalue weighted by Gasteiger charge is 2.28. The van der Waals surface area contributed by atoms with E-state index in [2.05, 4.69) is 31.2 Å². The molecule has 0 aliphatic carbocycles. The predicted molar refractivity (Wildman–Crippen MR) is 98.8 cm³/mol. The summed E-state index contributed by atoms with van der Waals surface area (Å²) in [6.45, 7) is 2.83. The van der Waals surface area contributed by atoms with Gasteiger partial charge in [-0.2, -0.15) is 9.50 Å². The summed E-state index contributed by atoms with van der Waals surface area (Å²) in [5.41, 5.74) is 7.48. The molecule has 1 aliphatic heterocycles. The van der Waals surface area contributed by atoms with E-state index < -0.39 is 0 Å². The van der Waals surface area contributed by atoms with Crippen molar-refractivity contribution in [3.8, 4) is 0 Å². The predicted octanol–water partition coefficient (Wildman–Crippen LogP) is -0.0109. The highest BCUT2D eigenvalue weighted by atomic mass is 19.1. The summed E-state index contributed by atoms with van der Waals surface area (Å²) < 4.78 is 14.3. The number of fused-ring (bicyclic) bond motifs is 1. The zero-order chi connectivity index (χ0) is 19.7. The van der Waals surface area contributed by atoms with Gasteiger partial charge in [0.2, 0.25) is 5.91 Å². The smallest absolute Gasteiger partial charge is 0.274 e. The van der Waals surface area contributed by atoms with Crippen LogP contribution in [0.3, 0.4) is 0 Å². The van der Waals surface area contributed by atoms with Gasteiger partial charge in [-0.15, -0.1) is 0 Å². The number of hydrogen-bond acceptors (Lipinski definition) is 6. The fourth-order valence-electron chi connectivity index (χ4n) is 3.33. The van der Waals surface area contributed by atoms with Crippen molar-refractivity contribution in [1.82, 2.24) is 35.8 Å². The van der Waals surface area contributed by atoms with Crippen LogP contribution in [0, 0.1) is 18.7 Å². The topological polar surface area (TPSA) is 116 Å². The number of aryl methyl sites for hydroxylation is 1. The molecule has 10 heteroatoms. The second kappa shape index (κ2) is 7.49. The zero-order valence-electron chi connectivity index (χ0n) is 15.2. The lowest BCUT2D eigenvalue weighted by Crippen LogP contribution is -2.33. The maximum absolute atomic E-state index is 13.1. The van der Waals surface area contributed by atoms with Crippen molar-refractivity contribution in [3.63, 3.8) is 0 Å². The SMILES string of the molecule is Cc1cc(=O)n2[nH]c(CC(=O)NCC3CNNC3c3ccc(F)cc3)nc2n1. The molecule has 9 nitrogen and oxygen atoms in total. The lowest BCUT2D eigenvalue weighted by atomic mass is 9.95. The molecule has 1 amide bonds. The Kier molecular flexibility index (Phi) is 4.88. The molecule has 28 heavy (non-hydrogen) atoms. The van der Waals surface area contributed by atoms with E-state index in [-0.39, 0.29) is 41.4 Å². The number of carbonyl (C=O) groups is 1. The van der Waals surface area contributed by atoms with E-state index >= 15 is 0 Å². The molecule has 2 atom stereocenters. The minimum absolute atomic E-state index is 0.0106. The highest BCUT2D eigenvalue weighted by molar-refractivity contribution is 5.77. The van der Waals surface area contributed by atoms with Gasteiger partial charge < -0.3 is 5.32 Å². The van der Waals surface area contributed by atoms with Crippen LogP contribution in [0.5, 0.6) is 0 Å². The second-order valence-electron chi connectivity index (χ2n) is 6.84. The lowest BCUT2D eigenvalue weighted by Gasteiger charge is -2.19. The summed E-state index contributed by atoms with van der Waals surface area (Å²) in [4.78, 5) is 32.6. The Bertz CT molecular complexity index is 1060. The summed E-state index contributed by atoms with van der Waals surface area (Å²) in [6.07, 6.45) is 0.0106. The van der Waals surface area contributed by atoms with Crippen LogP contribution in [0.4, 0.5) is 4.39 Å². The number of halogens is 1. The number of carbonyl (C=O) groups excluding carboxylic acids is 1. The third-order valence-corrected chi connectivity index (χ3v) is 4.72. The van der Waals surface area contributed by atoms with Gasteiger partial charge in [0.15, 0.2) is 0 Å². The number of hydrazine groups is 1. The Morgan fingerprint density at radius 2 is 2.11 bits per heavy atom. The van der Waals surface area contributed by atoms with E-state index in [9.17, 15) is 14.0 Å². The summed E-state index contributed by atoms with van der Waals surface area (Å²) in [5, 5.41) is 5.69. The number of amides is 1. The number of H-pyrrole nitrogens is 1. The second-order valence-corrected chi connectivity index (χ2v) is 6.84. The normalized spacial score (nSPS) is 19.2. The van der Waals surface area contributed by atoms with Crippen molar-refractivity contribution in [1.29, 1.82) is 0 Å². The molecule has 1 aromatic carbocycles. The van der Waals surface area contributed by atoms with Gasteiger partial charge in [-0.05, 0) is 24.6 Å². The van der Waals surface area contributed by atoms with E-state index in [1.54, 1.807) is 19.1 Å². The monoisotopic (exact) mass is 385 g/mol. The number of benzene rings is 1. The van der Waals surface area contributed by atoms with Gasteiger partial charge >= 0.3 is 0 Å². The molecule has 146 valence electrons. The average molecular weight is 385 g/mol. The Morgan fingerprint density at radius 1 is 1.32 bits per heavy atom. The van der Waals surface area contributed by atoms with Crippen LogP contribution in [0.1, 0.15) is 23.1 Å². The number of aromatic amines is 1. The molecular formula is C18H20FN7O2. The van der Waals surface area contributed by atoms with Gasteiger partial charge in [0, 0.05) is 30.8 Å². The summed E-state index contributed by atoms with van der Waals surface area (Å²) in [5.74, 6) is 0.221. The van der Waals surface area contributed by atoms with Crippen LogP contribution in [-0.4, -0.2) is 38.6 Å². The van der Waals surface area contributed by atoms with Crippen LogP contribution in [0.25, 0.3) is 5.78 Å². The molecule has 0 saturated carbocycles. The molecule has 1 aliphatic rings. The van der Waals surface area contributed by atoms with Crippen LogP contribution >= 0.6 is 0 Å². The number of aromatic nitrogens is 4. The lowest BCUT2D eigenvalue weighted by molar-refractivity contribution is -0.120. The third kappa shape index (κ3) is 3.78. The van der Waals surface area contributed by atoms with Gasteiger partial charge in [-0.3, -0.25) is 20.1 Å². The molecule has 0 spiro atoms. The Balaban J connectivity index is 1.38. The van der Waals surface area contributed by atoms with E-state index in [0.717, 1.165) is 5.56 Å². The third-order valence-electron chi connectivity index (χ3n) is 4.72. The molecule has 1 fully saturated rings. The fraction of sp³-hybridized carbons (Fsp3) is 0.333.